The van der Waals surface area contributed by atoms with Gasteiger partial charge in [-0.25, -0.2) is 5.01 Å². The summed E-state index contributed by atoms with van der Waals surface area (Å²) < 4.78 is 0.799. The Labute approximate surface area is 219 Å². The highest BCUT2D eigenvalue weighted by Crippen LogP contribution is 2.65. The van der Waals surface area contributed by atoms with Gasteiger partial charge in [-0.3, -0.25) is 19.2 Å². The van der Waals surface area contributed by atoms with Gasteiger partial charge in [0.05, 0.1) is 21.9 Å². The monoisotopic (exact) mass is 572 g/mol. The number of Topliss-reactive ketones (excluding diaryl/α,β-unsaturated/α-hetero) is 1. The van der Waals surface area contributed by atoms with Crippen molar-refractivity contribution < 1.29 is 19.2 Å². The Bertz CT molecular complexity index is 1290. The Morgan fingerprint density at radius 3 is 2.03 bits per heavy atom. The lowest BCUT2D eigenvalue weighted by Crippen LogP contribution is -2.52. The summed E-state index contributed by atoms with van der Waals surface area (Å²) in [6, 6.07) is 11.0. The molecule has 0 spiro atoms. The number of rotatable bonds is 5. The number of imide groups is 1. The maximum Gasteiger partial charge on any atom is 0.273 e. The summed E-state index contributed by atoms with van der Waals surface area (Å²) in [6.45, 7) is -0.465. The van der Waals surface area contributed by atoms with Crippen LogP contribution in [-0.2, 0) is 9.59 Å². The maximum absolute atomic E-state index is 13.7. The standard InChI is InChI=1S/C26H19BrCl2N2O4/c27-14-4-1-12(2-5-14)21(32)11-30(24(33)13-3-8-19(28)20(29)9-13)31-25(34)22-15-6-7-16(18-10-17(15)18)23(22)26(31)35/h1-9,15-18,22-23H,10-11H2/t15-,16-,17-,18+,22+,23+/m0/s1. The number of halogens is 3. The molecule has 0 radical (unpaired) electrons. The van der Waals surface area contributed by atoms with E-state index in [1.54, 1.807) is 24.3 Å². The minimum absolute atomic E-state index is 0.000512. The number of amides is 3. The molecule has 2 aromatic carbocycles. The molecule has 3 amide bonds. The molecular formula is C26H19BrCl2N2O4. The number of nitrogens with zero attached hydrogens (tertiary/aromatic N) is 2. The van der Waals surface area contributed by atoms with E-state index in [1.807, 2.05) is 0 Å². The number of hydrazine groups is 1. The van der Waals surface area contributed by atoms with Gasteiger partial charge in [0.2, 0.25) is 0 Å². The van der Waals surface area contributed by atoms with Crippen molar-refractivity contribution in [2.45, 2.75) is 6.42 Å². The second-order valence-electron chi connectivity index (χ2n) is 9.56. The van der Waals surface area contributed by atoms with E-state index in [2.05, 4.69) is 28.1 Å². The van der Waals surface area contributed by atoms with E-state index >= 15 is 0 Å². The first-order chi connectivity index (χ1) is 16.8. The van der Waals surface area contributed by atoms with Crippen LogP contribution >= 0.6 is 39.1 Å². The molecule has 3 fully saturated rings. The largest absolute Gasteiger partial charge is 0.292 e. The van der Waals surface area contributed by atoms with E-state index in [0.29, 0.717) is 17.4 Å². The number of benzene rings is 2. The van der Waals surface area contributed by atoms with E-state index in [9.17, 15) is 19.2 Å². The van der Waals surface area contributed by atoms with Crippen LogP contribution in [0.5, 0.6) is 0 Å². The fourth-order valence-electron chi connectivity index (χ4n) is 6.05. The molecule has 0 N–H and O–H groups in total. The topological polar surface area (TPSA) is 74.8 Å². The predicted octanol–water partition coefficient (Wildman–Crippen LogP) is 5.05. The first kappa shape index (κ1) is 23.0. The van der Waals surface area contributed by atoms with Gasteiger partial charge in [0.15, 0.2) is 5.78 Å². The Balaban J connectivity index is 1.37. The molecule has 0 unspecified atom stereocenters. The molecule has 1 heterocycles. The van der Waals surface area contributed by atoms with Crippen molar-refractivity contribution in [3.63, 3.8) is 0 Å². The molecule has 178 valence electrons. The van der Waals surface area contributed by atoms with Gasteiger partial charge in [0, 0.05) is 15.6 Å². The molecule has 2 saturated carbocycles. The summed E-state index contributed by atoms with van der Waals surface area (Å²) in [5.41, 5.74) is 0.488. The van der Waals surface area contributed by atoms with E-state index in [1.165, 1.54) is 18.2 Å². The Morgan fingerprint density at radius 2 is 1.46 bits per heavy atom. The Kier molecular flexibility index (Phi) is 5.43. The Morgan fingerprint density at radius 1 is 0.886 bits per heavy atom. The maximum atomic E-state index is 13.7. The molecule has 9 heteroatoms. The molecule has 1 aliphatic heterocycles. The zero-order valence-corrected chi connectivity index (χ0v) is 21.3. The average molecular weight is 574 g/mol. The Hall–Kier alpha value is -2.48. The van der Waals surface area contributed by atoms with Gasteiger partial charge in [0.25, 0.3) is 17.7 Å². The number of carbonyl (C=O) groups excluding carboxylic acids is 4. The molecule has 5 aliphatic rings. The van der Waals surface area contributed by atoms with Crippen molar-refractivity contribution in [1.82, 2.24) is 10.0 Å². The van der Waals surface area contributed by atoms with Crippen molar-refractivity contribution in [3.05, 3.63) is 80.3 Å². The first-order valence-electron chi connectivity index (χ1n) is 11.4. The molecular weight excluding hydrogens is 555 g/mol. The van der Waals surface area contributed by atoms with Crippen molar-refractivity contribution in [3.8, 4) is 0 Å². The van der Waals surface area contributed by atoms with Crippen LogP contribution in [0, 0.1) is 35.5 Å². The van der Waals surface area contributed by atoms with Crippen LogP contribution in [0.2, 0.25) is 10.0 Å². The first-order valence-corrected chi connectivity index (χ1v) is 12.9. The van der Waals surface area contributed by atoms with Crippen LogP contribution < -0.4 is 0 Å². The van der Waals surface area contributed by atoms with Crippen molar-refractivity contribution in [2.24, 2.45) is 35.5 Å². The zero-order valence-electron chi connectivity index (χ0n) is 18.2. The number of hydrogen-bond donors (Lipinski definition) is 0. The van der Waals surface area contributed by atoms with E-state index in [-0.39, 0.29) is 27.4 Å². The molecule has 35 heavy (non-hydrogen) atoms. The van der Waals surface area contributed by atoms with Crippen LogP contribution in [0.1, 0.15) is 27.1 Å². The summed E-state index contributed by atoms with van der Waals surface area (Å²) in [4.78, 5) is 54.2. The zero-order chi connectivity index (χ0) is 24.6. The smallest absolute Gasteiger partial charge is 0.273 e. The number of ketones is 1. The van der Waals surface area contributed by atoms with Gasteiger partial charge in [0.1, 0.15) is 6.54 Å². The van der Waals surface area contributed by atoms with Crippen molar-refractivity contribution in [1.29, 1.82) is 0 Å². The van der Waals surface area contributed by atoms with Crippen LogP contribution in [0.15, 0.2) is 59.1 Å². The van der Waals surface area contributed by atoms with E-state index in [4.69, 9.17) is 23.2 Å². The van der Waals surface area contributed by atoms with Crippen LogP contribution in [-0.4, -0.2) is 40.1 Å². The van der Waals surface area contributed by atoms with Gasteiger partial charge < -0.3 is 0 Å². The summed E-state index contributed by atoms with van der Waals surface area (Å²) in [5.74, 6) is -2.03. The lowest BCUT2D eigenvalue weighted by atomic mass is 9.63. The van der Waals surface area contributed by atoms with Crippen molar-refractivity contribution in [2.75, 3.05) is 6.54 Å². The van der Waals surface area contributed by atoms with Crippen LogP contribution in [0.4, 0.5) is 0 Å². The van der Waals surface area contributed by atoms with Crippen molar-refractivity contribution >= 4 is 62.6 Å². The van der Waals surface area contributed by atoms with Gasteiger partial charge in [-0.15, -0.1) is 0 Å². The third kappa shape index (κ3) is 3.59. The number of carbonyl (C=O) groups is 4. The lowest BCUT2D eigenvalue weighted by Gasteiger charge is -2.37. The summed E-state index contributed by atoms with van der Waals surface area (Å²) in [7, 11) is 0. The summed E-state index contributed by atoms with van der Waals surface area (Å²) in [6.07, 6.45) is 5.16. The molecule has 6 nitrogen and oxygen atoms in total. The van der Waals surface area contributed by atoms with Gasteiger partial charge in [-0.2, -0.15) is 5.01 Å². The van der Waals surface area contributed by atoms with E-state index in [0.717, 1.165) is 20.9 Å². The third-order valence-corrected chi connectivity index (χ3v) is 9.01. The predicted molar refractivity (Wildman–Crippen MR) is 133 cm³/mol. The highest BCUT2D eigenvalue weighted by Gasteiger charge is 2.68. The molecule has 6 atom stereocenters. The normalized spacial score (nSPS) is 29.7. The molecule has 4 aliphatic carbocycles. The lowest BCUT2D eigenvalue weighted by molar-refractivity contribution is -0.154. The fraction of sp³-hybridized carbons (Fsp3) is 0.308. The molecule has 0 aromatic heterocycles. The molecule has 2 aromatic rings. The summed E-state index contributed by atoms with van der Waals surface area (Å²) in [5, 5.41) is 2.33. The van der Waals surface area contributed by atoms with Gasteiger partial charge >= 0.3 is 0 Å². The molecule has 7 rings (SSSR count). The minimum atomic E-state index is -0.667. The molecule has 2 bridgehead atoms. The highest BCUT2D eigenvalue weighted by atomic mass is 79.9. The SMILES string of the molecule is O=C(CN(C(=O)c1ccc(Cl)c(Cl)c1)N1C(=O)[C@@H]2[C@H]3C=C[C@@H]([C@@H]4C[C@H]34)[C@H]2C1=O)c1ccc(Br)cc1. The van der Waals surface area contributed by atoms with E-state index < -0.39 is 41.9 Å². The second-order valence-corrected chi connectivity index (χ2v) is 11.3. The minimum Gasteiger partial charge on any atom is -0.292 e. The summed E-state index contributed by atoms with van der Waals surface area (Å²) >= 11 is 15.5. The fourth-order valence-corrected chi connectivity index (χ4v) is 6.62. The number of allylic oxidation sites excluding steroid dienone is 2. The van der Waals surface area contributed by atoms with Gasteiger partial charge in [-0.1, -0.05) is 63.4 Å². The van der Waals surface area contributed by atoms with Crippen LogP contribution in [0.25, 0.3) is 0 Å². The van der Waals surface area contributed by atoms with Crippen LogP contribution in [0.3, 0.4) is 0 Å². The van der Waals surface area contributed by atoms with Gasteiger partial charge in [-0.05, 0) is 60.4 Å². The third-order valence-electron chi connectivity index (χ3n) is 7.74. The molecule has 1 saturated heterocycles. The number of hydrogen-bond acceptors (Lipinski definition) is 4. The quantitative estimate of drug-likeness (QED) is 0.285. The average Bonchev–Trinajstić information content (AvgIpc) is 3.63. The second kappa shape index (κ2) is 8.29. The highest BCUT2D eigenvalue weighted by molar-refractivity contribution is 9.10.